The smallest absolute Gasteiger partial charge is 0.228 e. The number of carbonyl (C=O) groups excluding carboxylic acids is 1. The van der Waals surface area contributed by atoms with Gasteiger partial charge in [-0.1, -0.05) is 36.4 Å². The summed E-state index contributed by atoms with van der Waals surface area (Å²) in [7, 11) is -1.80. The number of nitrogens with zero attached hydrogens (tertiary/aromatic N) is 1. The first kappa shape index (κ1) is 21.3. The molecular weight excluding hydrogens is 388 g/mol. The molecule has 3 rings (SSSR count). The van der Waals surface area contributed by atoms with E-state index >= 15 is 0 Å². The maximum absolute atomic E-state index is 12.8. The second kappa shape index (κ2) is 9.89. The largest absolute Gasteiger partial charge is 0.497 e. The van der Waals surface area contributed by atoms with E-state index in [1.807, 2.05) is 30.3 Å². The third-order valence-electron chi connectivity index (χ3n) is 5.20. The number of carbonyl (C=O) groups is 1. The SMILES string of the molecule is COc1cccc(NC(=O)[C@@H]2CCCN(S(=O)(=O)CCCc3ccccc3)C2)c1. The minimum atomic E-state index is -3.37. The number of aryl methyl sites for hydroxylation is 1. The molecule has 7 heteroatoms. The van der Waals surface area contributed by atoms with Crippen LogP contribution in [0, 0.1) is 5.92 Å². The van der Waals surface area contributed by atoms with Crippen molar-refractivity contribution in [3.8, 4) is 5.75 Å². The summed E-state index contributed by atoms with van der Waals surface area (Å²) in [6.07, 6.45) is 2.68. The van der Waals surface area contributed by atoms with Gasteiger partial charge in [-0.3, -0.25) is 4.79 Å². The second-order valence-electron chi connectivity index (χ2n) is 7.32. The van der Waals surface area contributed by atoms with Crippen LogP contribution in [0.5, 0.6) is 5.75 Å². The lowest BCUT2D eigenvalue weighted by Gasteiger charge is -2.31. The molecule has 0 saturated carbocycles. The molecule has 0 bridgehead atoms. The van der Waals surface area contributed by atoms with E-state index in [1.165, 1.54) is 4.31 Å². The third-order valence-corrected chi connectivity index (χ3v) is 7.12. The molecule has 2 aromatic rings. The van der Waals surface area contributed by atoms with Crippen molar-refractivity contribution in [1.29, 1.82) is 0 Å². The highest BCUT2D eigenvalue weighted by molar-refractivity contribution is 7.89. The molecule has 0 radical (unpaired) electrons. The van der Waals surface area contributed by atoms with Crippen LogP contribution in [0.2, 0.25) is 0 Å². The molecule has 29 heavy (non-hydrogen) atoms. The molecule has 156 valence electrons. The molecule has 1 aliphatic rings. The van der Waals surface area contributed by atoms with Crippen LogP contribution in [0.4, 0.5) is 5.69 Å². The van der Waals surface area contributed by atoms with Gasteiger partial charge in [-0.25, -0.2) is 12.7 Å². The Kier molecular flexibility index (Phi) is 7.28. The lowest BCUT2D eigenvalue weighted by Crippen LogP contribution is -2.44. The number of sulfonamides is 1. The molecule has 0 aromatic heterocycles. The van der Waals surface area contributed by atoms with E-state index in [9.17, 15) is 13.2 Å². The van der Waals surface area contributed by atoms with E-state index in [1.54, 1.807) is 31.4 Å². The van der Waals surface area contributed by atoms with Gasteiger partial charge in [0.25, 0.3) is 0 Å². The number of methoxy groups -OCH3 is 1. The van der Waals surface area contributed by atoms with Crippen LogP contribution in [0.1, 0.15) is 24.8 Å². The average Bonchev–Trinajstić information content (AvgIpc) is 2.74. The van der Waals surface area contributed by atoms with E-state index in [0.717, 1.165) is 12.0 Å². The number of nitrogens with one attached hydrogen (secondary N) is 1. The van der Waals surface area contributed by atoms with E-state index in [0.29, 0.717) is 37.2 Å². The fourth-order valence-corrected chi connectivity index (χ4v) is 5.17. The van der Waals surface area contributed by atoms with Crippen molar-refractivity contribution in [3.05, 3.63) is 60.2 Å². The van der Waals surface area contributed by atoms with Crippen molar-refractivity contribution in [2.24, 2.45) is 5.92 Å². The summed E-state index contributed by atoms with van der Waals surface area (Å²) < 4.78 is 32.2. The molecule has 1 N–H and O–H groups in total. The average molecular weight is 417 g/mol. The maximum atomic E-state index is 12.8. The fourth-order valence-electron chi connectivity index (χ4n) is 3.59. The molecule has 1 fully saturated rings. The zero-order valence-electron chi connectivity index (χ0n) is 16.7. The zero-order chi connectivity index (χ0) is 20.7. The summed E-state index contributed by atoms with van der Waals surface area (Å²) in [5.41, 5.74) is 1.79. The lowest BCUT2D eigenvalue weighted by molar-refractivity contribution is -0.120. The highest BCUT2D eigenvalue weighted by atomic mass is 32.2. The number of rotatable bonds is 8. The standard InChI is InChI=1S/C22H28N2O4S/c1-28-21-13-5-12-20(16-21)23-22(25)19-11-6-14-24(17-19)29(26,27)15-7-10-18-8-3-2-4-9-18/h2-5,8-9,12-13,16,19H,6-7,10-11,14-15,17H2,1H3,(H,23,25)/t19-/m1/s1. The number of benzene rings is 2. The predicted molar refractivity (Wildman–Crippen MR) is 114 cm³/mol. The highest BCUT2D eigenvalue weighted by Crippen LogP contribution is 2.23. The molecule has 1 saturated heterocycles. The summed E-state index contributed by atoms with van der Waals surface area (Å²) >= 11 is 0. The van der Waals surface area contributed by atoms with Crippen molar-refractivity contribution in [1.82, 2.24) is 4.31 Å². The van der Waals surface area contributed by atoms with Crippen LogP contribution in [0.25, 0.3) is 0 Å². The van der Waals surface area contributed by atoms with Gasteiger partial charge in [-0.2, -0.15) is 0 Å². The molecule has 0 spiro atoms. The van der Waals surface area contributed by atoms with Gasteiger partial charge in [0, 0.05) is 24.8 Å². The van der Waals surface area contributed by atoms with Gasteiger partial charge in [-0.15, -0.1) is 0 Å². The van der Waals surface area contributed by atoms with Gasteiger partial charge >= 0.3 is 0 Å². The molecular formula is C22H28N2O4S. The molecule has 0 unspecified atom stereocenters. The number of amides is 1. The molecule has 1 atom stereocenters. The van der Waals surface area contributed by atoms with Crippen LogP contribution in [0.3, 0.4) is 0 Å². The van der Waals surface area contributed by atoms with Crippen molar-refractivity contribution < 1.29 is 17.9 Å². The second-order valence-corrected chi connectivity index (χ2v) is 9.41. The minimum absolute atomic E-state index is 0.103. The number of hydrogen-bond acceptors (Lipinski definition) is 4. The first-order valence-corrected chi connectivity index (χ1v) is 11.6. The van der Waals surface area contributed by atoms with Crippen molar-refractivity contribution >= 4 is 21.6 Å². The maximum Gasteiger partial charge on any atom is 0.228 e. The van der Waals surface area contributed by atoms with E-state index < -0.39 is 10.0 Å². The summed E-state index contributed by atoms with van der Waals surface area (Å²) in [4.78, 5) is 12.7. The van der Waals surface area contributed by atoms with Crippen LogP contribution < -0.4 is 10.1 Å². The number of hydrogen-bond donors (Lipinski definition) is 1. The molecule has 1 amide bonds. The topological polar surface area (TPSA) is 75.7 Å². The van der Waals surface area contributed by atoms with Crippen LogP contribution >= 0.6 is 0 Å². The Bertz CT molecular complexity index is 915. The lowest BCUT2D eigenvalue weighted by atomic mass is 9.98. The summed E-state index contributed by atoms with van der Waals surface area (Å²) in [5.74, 6) is 0.266. The molecule has 2 aromatic carbocycles. The quantitative estimate of drug-likeness (QED) is 0.716. The Morgan fingerprint density at radius 3 is 2.72 bits per heavy atom. The van der Waals surface area contributed by atoms with Crippen molar-refractivity contribution in [2.45, 2.75) is 25.7 Å². The number of anilines is 1. The first-order valence-electron chi connectivity index (χ1n) is 9.94. The van der Waals surface area contributed by atoms with Crippen LogP contribution in [0.15, 0.2) is 54.6 Å². The minimum Gasteiger partial charge on any atom is -0.497 e. The molecule has 1 heterocycles. The predicted octanol–water partition coefficient (Wildman–Crippen LogP) is 3.31. The monoisotopic (exact) mass is 416 g/mol. The Morgan fingerprint density at radius 2 is 1.97 bits per heavy atom. The van der Waals surface area contributed by atoms with Gasteiger partial charge < -0.3 is 10.1 Å². The van der Waals surface area contributed by atoms with Crippen molar-refractivity contribution in [3.63, 3.8) is 0 Å². The highest BCUT2D eigenvalue weighted by Gasteiger charge is 2.32. The van der Waals surface area contributed by atoms with Crippen LogP contribution in [-0.2, 0) is 21.2 Å². The Labute approximate surface area is 172 Å². The Balaban J connectivity index is 1.55. The van der Waals surface area contributed by atoms with E-state index in [4.69, 9.17) is 4.74 Å². The normalized spacial score (nSPS) is 17.6. The summed E-state index contributed by atoms with van der Waals surface area (Å²) in [6, 6.07) is 17.0. The fraction of sp³-hybridized carbons (Fsp3) is 0.409. The summed E-state index contributed by atoms with van der Waals surface area (Å²) in [5, 5.41) is 2.88. The molecule has 6 nitrogen and oxygen atoms in total. The Morgan fingerprint density at radius 1 is 1.17 bits per heavy atom. The van der Waals surface area contributed by atoms with Gasteiger partial charge in [0.05, 0.1) is 18.8 Å². The van der Waals surface area contributed by atoms with Gasteiger partial charge in [0.15, 0.2) is 0 Å². The Hall–Kier alpha value is -2.38. The van der Waals surface area contributed by atoms with Gasteiger partial charge in [0.2, 0.25) is 15.9 Å². The van der Waals surface area contributed by atoms with E-state index in [2.05, 4.69) is 5.32 Å². The number of ether oxygens (including phenoxy) is 1. The number of piperidine rings is 1. The van der Waals surface area contributed by atoms with Crippen LogP contribution in [-0.4, -0.2) is 44.6 Å². The first-order chi connectivity index (χ1) is 14.0. The van der Waals surface area contributed by atoms with Gasteiger partial charge in [-0.05, 0) is 43.4 Å². The molecule has 1 aliphatic heterocycles. The summed E-state index contributed by atoms with van der Waals surface area (Å²) in [6.45, 7) is 0.722. The van der Waals surface area contributed by atoms with Gasteiger partial charge in [0.1, 0.15) is 5.75 Å². The zero-order valence-corrected chi connectivity index (χ0v) is 17.5. The third kappa shape index (κ3) is 6.05. The molecule has 0 aliphatic carbocycles. The van der Waals surface area contributed by atoms with Crippen molar-refractivity contribution in [2.75, 3.05) is 31.3 Å². The van der Waals surface area contributed by atoms with E-state index in [-0.39, 0.29) is 24.1 Å².